The summed E-state index contributed by atoms with van der Waals surface area (Å²) in [7, 11) is 0. The zero-order valence-corrected chi connectivity index (χ0v) is 17.0. The van der Waals surface area contributed by atoms with Gasteiger partial charge in [0.25, 0.3) is 0 Å². The molecule has 0 aliphatic heterocycles. The van der Waals surface area contributed by atoms with E-state index in [1.807, 2.05) is 24.3 Å². The number of rotatable bonds is 6. The van der Waals surface area contributed by atoms with Crippen molar-refractivity contribution in [2.45, 2.75) is 39.5 Å². The van der Waals surface area contributed by atoms with Crippen LogP contribution in [-0.2, 0) is 12.8 Å². The molecule has 0 bridgehead atoms. The Kier molecular flexibility index (Phi) is 12.2. The Balaban J connectivity index is 0.000000443. The fraction of sp³-hybridized carbons (Fsp3) is 0.300. The molecule has 5 heteroatoms. The van der Waals surface area contributed by atoms with E-state index < -0.39 is 11.9 Å². The van der Waals surface area contributed by atoms with Crippen LogP contribution in [0, 0.1) is 0 Å². The predicted octanol–water partition coefficient (Wildman–Crippen LogP) is 1.62. The van der Waals surface area contributed by atoms with Gasteiger partial charge in [-0.25, -0.2) is 0 Å². The van der Waals surface area contributed by atoms with Crippen molar-refractivity contribution in [3.05, 3.63) is 70.8 Å². The minimum Gasteiger partial charge on any atom is -0.545 e. The van der Waals surface area contributed by atoms with Crippen molar-refractivity contribution in [2.75, 3.05) is 0 Å². The summed E-state index contributed by atoms with van der Waals surface area (Å²) in [5.74, 6) is -2.23. The van der Waals surface area contributed by atoms with Crippen LogP contribution < -0.4 is 10.2 Å². The standard InChI is InChI=1S/2C10H12O2.Ca/c2*1-2-3-8-4-6-9(7-5-8)10(11)12;/h2*4-7H,2-3H2,1H3,(H,11,12);/q;;+2/p-2. The molecular weight excluding hydrogens is 344 g/mol. The monoisotopic (exact) mass is 366 g/mol. The molecule has 0 fully saturated rings. The Morgan fingerprint density at radius 1 is 0.680 bits per heavy atom. The van der Waals surface area contributed by atoms with Gasteiger partial charge < -0.3 is 19.8 Å². The average Bonchev–Trinajstić information content (AvgIpc) is 2.57. The number of carbonyl (C=O) groups is 2. The summed E-state index contributed by atoms with van der Waals surface area (Å²) < 4.78 is 0. The normalized spacial score (nSPS) is 9.36. The molecule has 0 unspecified atom stereocenters. The molecule has 0 radical (unpaired) electrons. The van der Waals surface area contributed by atoms with E-state index in [1.165, 1.54) is 11.1 Å². The predicted molar refractivity (Wildman–Crippen MR) is 95.3 cm³/mol. The van der Waals surface area contributed by atoms with Crippen molar-refractivity contribution in [2.24, 2.45) is 0 Å². The minimum atomic E-state index is -1.11. The van der Waals surface area contributed by atoms with E-state index in [-0.39, 0.29) is 48.9 Å². The van der Waals surface area contributed by atoms with Crippen LogP contribution in [0.1, 0.15) is 58.5 Å². The molecule has 0 N–H and O–H groups in total. The van der Waals surface area contributed by atoms with Gasteiger partial charge in [-0.3, -0.25) is 0 Å². The fourth-order valence-electron chi connectivity index (χ4n) is 2.19. The molecule has 0 saturated carbocycles. The van der Waals surface area contributed by atoms with Gasteiger partial charge in [0.15, 0.2) is 0 Å². The summed E-state index contributed by atoms with van der Waals surface area (Å²) in [6.45, 7) is 4.18. The molecule has 0 atom stereocenters. The van der Waals surface area contributed by atoms with Gasteiger partial charge in [-0.2, -0.15) is 0 Å². The summed E-state index contributed by atoms with van der Waals surface area (Å²) in [6.07, 6.45) is 4.13. The Bertz CT molecular complexity index is 589. The first-order valence-electron chi connectivity index (χ1n) is 8.08. The smallest absolute Gasteiger partial charge is 0.545 e. The third kappa shape index (κ3) is 9.05. The average molecular weight is 366 g/mol. The molecule has 2 aromatic rings. The van der Waals surface area contributed by atoms with E-state index in [0.717, 1.165) is 25.7 Å². The van der Waals surface area contributed by atoms with Gasteiger partial charge in [-0.05, 0) is 35.1 Å². The first kappa shape index (κ1) is 23.6. The minimum absolute atomic E-state index is 0. The first-order valence-corrected chi connectivity index (χ1v) is 8.08. The molecule has 25 heavy (non-hydrogen) atoms. The van der Waals surface area contributed by atoms with Gasteiger partial charge in [-0.1, -0.05) is 75.2 Å². The molecule has 0 spiro atoms. The van der Waals surface area contributed by atoms with Crippen molar-refractivity contribution in [3.63, 3.8) is 0 Å². The zero-order chi connectivity index (χ0) is 17.9. The van der Waals surface area contributed by atoms with E-state index in [0.29, 0.717) is 0 Å². The van der Waals surface area contributed by atoms with Crippen LogP contribution in [0.2, 0.25) is 0 Å². The van der Waals surface area contributed by atoms with E-state index in [9.17, 15) is 19.8 Å². The number of benzene rings is 2. The van der Waals surface area contributed by atoms with Gasteiger partial charge in [-0.15, -0.1) is 0 Å². The Morgan fingerprint density at radius 2 is 0.960 bits per heavy atom. The third-order valence-corrected chi connectivity index (χ3v) is 3.46. The molecule has 0 saturated heterocycles. The van der Waals surface area contributed by atoms with Gasteiger partial charge in [0.05, 0.1) is 11.9 Å². The molecule has 0 heterocycles. The molecule has 2 rings (SSSR count). The Hall–Kier alpha value is -1.36. The summed E-state index contributed by atoms with van der Waals surface area (Å²) >= 11 is 0. The maximum atomic E-state index is 10.4. The maximum Gasteiger partial charge on any atom is 2.00 e. The van der Waals surface area contributed by atoms with E-state index in [2.05, 4.69) is 13.8 Å². The van der Waals surface area contributed by atoms with Crippen LogP contribution in [0.25, 0.3) is 0 Å². The first-order chi connectivity index (χ1) is 11.5. The Labute approximate surface area is 178 Å². The van der Waals surface area contributed by atoms with E-state index >= 15 is 0 Å². The molecule has 2 aromatic carbocycles. The van der Waals surface area contributed by atoms with Crippen molar-refractivity contribution in [1.82, 2.24) is 0 Å². The number of hydrogen-bond acceptors (Lipinski definition) is 4. The van der Waals surface area contributed by atoms with Gasteiger partial charge >= 0.3 is 37.7 Å². The van der Waals surface area contributed by atoms with Crippen molar-refractivity contribution in [3.8, 4) is 0 Å². The SMILES string of the molecule is CCCc1ccc(C(=O)[O-])cc1.CCCc1ccc(C(=O)[O-])cc1.[Ca+2]. The van der Waals surface area contributed by atoms with Crippen LogP contribution in [0.4, 0.5) is 0 Å². The third-order valence-electron chi connectivity index (χ3n) is 3.46. The quantitative estimate of drug-likeness (QED) is 0.728. The molecule has 128 valence electrons. The molecular formula is C20H22CaO4. The fourth-order valence-corrected chi connectivity index (χ4v) is 2.19. The Morgan fingerprint density at radius 3 is 1.16 bits per heavy atom. The molecule has 0 aromatic heterocycles. The summed E-state index contributed by atoms with van der Waals surface area (Å²) in [5, 5.41) is 20.7. The summed E-state index contributed by atoms with van der Waals surface area (Å²) in [6, 6.07) is 13.6. The summed E-state index contributed by atoms with van der Waals surface area (Å²) in [4.78, 5) is 20.7. The molecule has 0 aliphatic carbocycles. The maximum absolute atomic E-state index is 10.4. The largest absolute Gasteiger partial charge is 2.00 e. The second-order valence-corrected chi connectivity index (χ2v) is 5.47. The van der Waals surface area contributed by atoms with E-state index in [1.54, 1.807) is 24.3 Å². The van der Waals surface area contributed by atoms with Crippen molar-refractivity contribution < 1.29 is 19.8 Å². The van der Waals surface area contributed by atoms with Crippen LogP contribution in [0.3, 0.4) is 0 Å². The second-order valence-electron chi connectivity index (χ2n) is 5.47. The van der Waals surface area contributed by atoms with Gasteiger partial charge in [0, 0.05) is 0 Å². The zero-order valence-electron chi connectivity index (χ0n) is 14.8. The van der Waals surface area contributed by atoms with Crippen LogP contribution in [0.5, 0.6) is 0 Å². The number of aromatic carboxylic acids is 2. The van der Waals surface area contributed by atoms with Gasteiger partial charge in [0.1, 0.15) is 0 Å². The topological polar surface area (TPSA) is 80.3 Å². The number of carboxylic acid groups (broad SMARTS) is 2. The second kappa shape index (κ2) is 12.9. The number of carboxylic acids is 2. The molecule has 0 aliphatic rings. The van der Waals surface area contributed by atoms with Crippen LogP contribution >= 0.6 is 0 Å². The van der Waals surface area contributed by atoms with Gasteiger partial charge in [0.2, 0.25) is 0 Å². The van der Waals surface area contributed by atoms with Crippen LogP contribution in [-0.4, -0.2) is 49.7 Å². The molecule has 4 nitrogen and oxygen atoms in total. The van der Waals surface area contributed by atoms with Crippen molar-refractivity contribution in [1.29, 1.82) is 0 Å². The van der Waals surface area contributed by atoms with E-state index in [4.69, 9.17) is 0 Å². The summed E-state index contributed by atoms with van der Waals surface area (Å²) in [5.41, 5.74) is 2.83. The van der Waals surface area contributed by atoms with Crippen LogP contribution in [0.15, 0.2) is 48.5 Å². The number of aryl methyl sites for hydroxylation is 2. The van der Waals surface area contributed by atoms with Crippen molar-refractivity contribution >= 4 is 49.7 Å². The molecule has 0 amide bonds. The number of hydrogen-bond donors (Lipinski definition) is 0. The number of carbonyl (C=O) groups excluding carboxylic acids is 2.